The van der Waals surface area contributed by atoms with Crippen LogP contribution in [0.5, 0.6) is 0 Å². The first-order chi connectivity index (χ1) is 7.51. The Morgan fingerprint density at radius 2 is 2.12 bits per heavy atom. The first-order valence-corrected chi connectivity index (χ1v) is 5.91. The molecule has 0 radical (unpaired) electrons. The van der Waals surface area contributed by atoms with E-state index in [9.17, 15) is 0 Å². The van der Waals surface area contributed by atoms with E-state index in [4.69, 9.17) is 11.6 Å². The Balaban J connectivity index is 2.56. The molecule has 0 atom stereocenters. The molecule has 2 heterocycles. The molecule has 0 aromatic carbocycles. The maximum absolute atomic E-state index is 5.92. The van der Waals surface area contributed by atoms with Crippen LogP contribution in [0.2, 0.25) is 0 Å². The van der Waals surface area contributed by atoms with Crippen molar-refractivity contribution in [2.75, 3.05) is 0 Å². The van der Waals surface area contributed by atoms with Crippen molar-refractivity contribution >= 4 is 22.8 Å². The molecule has 0 unspecified atom stereocenters. The average Bonchev–Trinajstić information content (AvgIpc) is 2.55. The number of hydrogen-bond acceptors (Lipinski definition) is 2. The molecule has 0 saturated carbocycles. The topological polar surface area (TPSA) is 30.7 Å². The fourth-order valence-corrected chi connectivity index (χ4v) is 1.95. The van der Waals surface area contributed by atoms with E-state index in [1.807, 2.05) is 12.1 Å². The van der Waals surface area contributed by atoms with E-state index >= 15 is 0 Å². The van der Waals surface area contributed by atoms with Gasteiger partial charge in [-0.3, -0.25) is 0 Å². The minimum absolute atomic E-state index is 0.186. The molecule has 0 amide bonds. The van der Waals surface area contributed by atoms with Gasteiger partial charge in [-0.1, -0.05) is 20.8 Å². The Morgan fingerprint density at radius 3 is 2.75 bits per heavy atom. The lowest BCUT2D eigenvalue weighted by atomic mass is 9.97. The van der Waals surface area contributed by atoms with Crippen LogP contribution in [-0.4, -0.2) is 14.5 Å². The van der Waals surface area contributed by atoms with Crippen molar-refractivity contribution < 1.29 is 0 Å². The third kappa shape index (κ3) is 2.19. The van der Waals surface area contributed by atoms with Gasteiger partial charge < -0.3 is 4.57 Å². The molecule has 2 rings (SSSR count). The molecule has 0 saturated heterocycles. The van der Waals surface area contributed by atoms with Crippen LogP contribution in [0.25, 0.3) is 11.2 Å². The van der Waals surface area contributed by atoms with Crippen LogP contribution >= 0.6 is 11.6 Å². The Labute approximate surface area is 100 Å². The van der Waals surface area contributed by atoms with Gasteiger partial charge in [0.1, 0.15) is 11.3 Å². The normalized spacial score (nSPS) is 12.2. The lowest BCUT2D eigenvalue weighted by Gasteiger charge is -2.20. The monoisotopic (exact) mass is 237 g/mol. The van der Waals surface area contributed by atoms with E-state index in [-0.39, 0.29) is 5.41 Å². The number of halogens is 1. The van der Waals surface area contributed by atoms with Gasteiger partial charge >= 0.3 is 0 Å². The number of imidazole rings is 1. The highest BCUT2D eigenvalue weighted by molar-refractivity contribution is 6.16. The smallest absolute Gasteiger partial charge is 0.160 e. The van der Waals surface area contributed by atoms with Crippen LogP contribution in [0.15, 0.2) is 18.3 Å². The van der Waals surface area contributed by atoms with Crippen molar-refractivity contribution in [3.8, 4) is 0 Å². The summed E-state index contributed by atoms with van der Waals surface area (Å²) in [5, 5.41) is 0. The van der Waals surface area contributed by atoms with Crippen LogP contribution < -0.4 is 0 Å². The van der Waals surface area contributed by atoms with Crippen LogP contribution in [0.3, 0.4) is 0 Å². The van der Waals surface area contributed by atoms with Gasteiger partial charge in [0, 0.05) is 12.7 Å². The molecule has 0 fully saturated rings. The highest BCUT2D eigenvalue weighted by Gasteiger charge is 2.17. The van der Waals surface area contributed by atoms with Gasteiger partial charge in [0.25, 0.3) is 0 Å². The molecule has 0 bridgehead atoms. The summed E-state index contributed by atoms with van der Waals surface area (Å²) in [4.78, 5) is 8.86. The fraction of sp³-hybridized carbons (Fsp3) is 0.500. The molecule has 0 spiro atoms. The van der Waals surface area contributed by atoms with Crippen LogP contribution in [0.1, 0.15) is 26.6 Å². The highest BCUT2D eigenvalue weighted by atomic mass is 35.5. The minimum atomic E-state index is 0.186. The van der Waals surface area contributed by atoms with Crippen LogP contribution in [0.4, 0.5) is 0 Å². The summed E-state index contributed by atoms with van der Waals surface area (Å²) in [5.41, 5.74) is 2.03. The second-order valence-electron chi connectivity index (χ2n) is 5.15. The Kier molecular flexibility index (Phi) is 2.89. The number of alkyl halides is 1. The largest absolute Gasteiger partial charge is 0.311 e. The zero-order valence-corrected chi connectivity index (χ0v) is 10.6. The summed E-state index contributed by atoms with van der Waals surface area (Å²) in [5.74, 6) is 1.32. The summed E-state index contributed by atoms with van der Waals surface area (Å²) >= 11 is 5.92. The molecule has 3 nitrogen and oxygen atoms in total. The summed E-state index contributed by atoms with van der Waals surface area (Å²) < 4.78 is 2.11. The van der Waals surface area contributed by atoms with Crippen LogP contribution in [-0.2, 0) is 12.4 Å². The van der Waals surface area contributed by atoms with Gasteiger partial charge in [0.05, 0.1) is 5.88 Å². The molecular formula is C12H16ClN3. The van der Waals surface area contributed by atoms with E-state index in [0.717, 1.165) is 23.5 Å². The van der Waals surface area contributed by atoms with Gasteiger partial charge in [-0.05, 0) is 17.5 Å². The molecule has 2 aromatic heterocycles. The predicted octanol–water partition coefficient (Wildman–Crippen LogP) is 3.22. The van der Waals surface area contributed by atoms with Crippen molar-refractivity contribution in [1.29, 1.82) is 0 Å². The van der Waals surface area contributed by atoms with Gasteiger partial charge in [-0.2, -0.15) is 0 Å². The maximum atomic E-state index is 5.92. The quantitative estimate of drug-likeness (QED) is 0.751. The number of hydrogen-bond donors (Lipinski definition) is 0. The summed E-state index contributed by atoms with van der Waals surface area (Å²) in [6.45, 7) is 7.46. The Bertz CT molecular complexity index is 496. The molecule has 0 aliphatic heterocycles. The molecule has 0 aliphatic rings. The summed E-state index contributed by atoms with van der Waals surface area (Å²) in [6.07, 6.45) is 1.79. The van der Waals surface area contributed by atoms with E-state index in [2.05, 4.69) is 35.3 Å². The SMILES string of the molecule is CC(C)(C)Cn1c(CCl)nc2cccnc21. The lowest BCUT2D eigenvalue weighted by Crippen LogP contribution is -2.17. The van der Waals surface area contributed by atoms with E-state index in [1.54, 1.807) is 6.20 Å². The van der Waals surface area contributed by atoms with Gasteiger partial charge in [0.2, 0.25) is 0 Å². The minimum Gasteiger partial charge on any atom is -0.311 e. The van der Waals surface area contributed by atoms with E-state index in [1.165, 1.54) is 0 Å². The van der Waals surface area contributed by atoms with Gasteiger partial charge in [0.15, 0.2) is 5.65 Å². The first-order valence-electron chi connectivity index (χ1n) is 5.37. The summed E-state index contributed by atoms with van der Waals surface area (Å²) in [6, 6.07) is 3.87. The zero-order valence-electron chi connectivity index (χ0n) is 9.87. The molecule has 0 aliphatic carbocycles. The first kappa shape index (κ1) is 11.4. The molecule has 16 heavy (non-hydrogen) atoms. The average molecular weight is 238 g/mol. The predicted molar refractivity (Wildman–Crippen MR) is 66.5 cm³/mol. The number of rotatable bonds is 2. The number of nitrogens with zero attached hydrogens (tertiary/aromatic N) is 3. The van der Waals surface area contributed by atoms with Crippen molar-refractivity contribution in [1.82, 2.24) is 14.5 Å². The van der Waals surface area contributed by atoms with Crippen molar-refractivity contribution in [3.05, 3.63) is 24.2 Å². The number of aromatic nitrogens is 3. The molecule has 2 aromatic rings. The van der Waals surface area contributed by atoms with Gasteiger partial charge in [-0.25, -0.2) is 9.97 Å². The molecule has 86 valence electrons. The standard InChI is InChI=1S/C12H16ClN3/c1-12(2,3)8-16-10(7-13)15-9-5-4-6-14-11(9)16/h4-6H,7-8H2,1-3H3. The fourth-order valence-electron chi connectivity index (χ4n) is 1.75. The van der Waals surface area contributed by atoms with E-state index < -0.39 is 0 Å². The van der Waals surface area contributed by atoms with Crippen molar-refractivity contribution in [2.24, 2.45) is 5.41 Å². The van der Waals surface area contributed by atoms with Crippen LogP contribution in [0, 0.1) is 5.41 Å². The molecule has 0 N–H and O–H groups in total. The third-order valence-corrected chi connectivity index (χ3v) is 2.57. The zero-order chi connectivity index (χ0) is 11.8. The number of pyridine rings is 1. The van der Waals surface area contributed by atoms with Crippen molar-refractivity contribution in [2.45, 2.75) is 33.2 Å². The Hall–Kier alpha value is -1.09. The molecule has 4 heteroatoms. The lowest BCUT2D eigenvalue weighted by molar-refractivity contribution is 0.343. The van der Waals surface area contributed by atoms with Crippen molar-refractivity contribution in [3.63, 3.8) is 0 Å². The second kappa shape index (κ2) is 4.06. The number of fused-ring (bicyclic) bond motifs is 1. The molecular weight excluding hydrogens is 222 g/mol. The summed E-state index contributed by atoms with van der Waals surface area (Å²) in [7, 11) is 0. The van der Waals surface area contributed by atoms with Gasteiger partial charge in [-0.15, -0.1) is 11.6 Å². The second-order valence-corrected chi connectivity index (χ2v) is 5.42. The Morgan fingerprint density at radius 1 is 1.38 bits per heavy atom. The maximum Gasteiger partial charge on any atom is 0.160 e. The highest BCUT2D eigenvalue weighted by Crippen LogP contribution is 2.22. The third-order valence-electron chi connectivity index (χ3n) is 2.33. The van der Waals surface area contributed by atoms with E-state index in [0.29, 0.717) is 5.88 Å².